The summed E-state index contributed by atoms with van der Waals surface area (Å²) in [6, 6.07) is 6.14. The van der Waals surface area contributed by atoms with Gasteiger partial charge in [0.1, 0.15) is 24.1 Å². The number of H-pyrrole nitrogens is 1. The Bertz CT molecular complexity index is 1190. The van der Waals surface area contributed by atoms with Crippen LogP contribution in [0.1, 0.15) is 36.2 Å². The molecule has 36 heavy (non-hydrogen) atoms. The Morgan fingerprint density at radius 2 is 2.08 bits per heavy atom. The molecular weight excluding hydrogens is 500 g/mol. The van der Waals surface area contributed by atoms with Crippen LogP contribution < -0.4 is 10.1 Å². The smallest absolute Gasteiger partial charge is 0.283 e. The maximum atomic E-state index is 15.4. The molecule has 3 heterocycles. The molecule has 4 rings (SSSR count). The number of hydrogen-bond acceptors (Lipinski definition) is 5. The molecule has 1 unspecified atom stereocenters. The van der Waals surface area contributed by atoms with E-state index in [1.807, 2.05) is 24.3 Å². The van der Waals surface area contributed by atoms with E-state index in [0.717, 1.165) is 22.7 Å². The van der Waals surface area contributed by atoms with E-state index in [9.17, 15) is 18.3 Å². The van der Waals surface area contributed by atoms with Gasteiger partial charge in [-0.05, 0) is 37.9 Å². The van der Waals surface area contributed by atoms with Crippen LogP contribution in [0.15, 0.2) is 30.5 Å². The predicted octanol–water partition coefficient (Wildman–Crippen LogP) is 4.65. The van der Waals surface area contributed by atoms with E-state index in [-0.39, 0.29) is 23.1 Å². The Kier molecular flexibility index (Phi) is 8.39. The number of para-hydroxylation sites is 1. The third-order valence-corrected chi connectivity index (χ3v) is 6.78. The van der Waals surface area contributed by atoms with Crippen molar-refractivity contribution in [2.24, 2.45) is 0 Å². The maximum Gasteiger partial charge on any atom is 0.283 e. The number of aromatic nitrogens is 2. The van der Waals surface area contributed by atoms with E-state index in [0.29, 0.717) is 31.6 Å². The van der Waals surface area contributed by atoms with E-state index in [1.165, 1.54) is 4.90 Å². The molecule has 0 radical (unpaired) electrons. The maximum absolute atomic E-state index is 15.4. The van der Waals surface area contributed by atoms with Gasteiger partial charge in [0.05, 0.1) is 25.5 Å². The normalized spacial score (nSPS) is 18.5. The first-order chi connectivity index (χ1) is 17.3. The minimum atomic E-state index is -3.41. The second kappa shape index (κ2) is 11.3. The average Bonchev–Trinajstić information content (AvgIpc) is 3.22. The summed E-state index contributed by atoms with van der Waals surface area (Å²) < 4.78 is 62.2. The van der Waals surface area contributed by atoms with Gasteiger partial charge in [0, 0.05) is 34.7 Å². The highest BCUT2D eigenvalue weighted by Gasteiger charge is 2.43. The number of halogens is 5. The summed E-state index contributed by atoms with van der Waals surface area (Å²) in [6.07, 6.45) is 1.80. The van der Waals surface area contributed by atoms with Crippen molar-refractivity contribution in [3.63, 3.8) is 0 Å². The van der Waals surface area contributed by atoms with E-state index < -0.39 is 43.6 Å². The first-order valence-electron chi connectivity index (χ1n) is 11.8. The molecule has 1 aromatic carbocycles. The molecule has 0 fully saturated rings. The van der Waals surface area contributed by atoms with E-state index in [4.69, 9.17) is 16.3 Å². The second-order valence-electron chi connectivity index (χ2n) is 8.98. The number of alkyl halides is 3. The van der Waals surface area contributed by atoms with Crippen LogP contribution >= 0.6 is 11.6 Å². The Balaban J connectivity index is 1.75. The molecule has 1 aliphatic heterocycles. The van der Waals surface area contributed by atoms with Gasteiger partial charge in [-0.3, -0.25) is 9.29 Å². The van der Waals surface area contributed by atoms with Crippen LogP contribution in [0.25, 0.3) is 10.9 Å². The molecule has 0 saturated heterocycles. The third kappa shape index (κ3) is 5.46. The quantitative estimate of drug-likeness (QED) is 0.250. The monoisotopic (exact) mass is 528 g/mol. The highest BCUT2D eigenvalue weighted by atomic mass is 35.5. The molecule has 196 valence electrons. The number of aliphatic hydroxyl groups is 1. The van der Waals surface area contributed by atoms with Crippen LogP contribution in [0.4, 0.5) is 17.6 Å². The predicted molar refractivity (Wildman–Crippen MR) is 130 cm³/mol. The van der Waals surface area contributed by atoms with E-state index in [1.54, 1.807) is 6.92 Å². The van der Waals surface area contributed by atoms with Gasteiger partial charge in [0.25, 0.3) is 5.92 Å². The molecule has 2 aromatic heterocycles. The number of nitrogens with one attached hydrogen (secondary N) is 2. The zero-order chi connectivity index (χ0) is 25.9. The van der Waals surface area contributed by atoms with Gasteiger partial charge in [-0.1, -0.05) is 29.8 Å². The first kappa shape index (κ1) is 26.7. The van der Waals surface area contributed by atoms with Crippen molar-refractivity contribution in [3.05, 3.63) is 58.1 Å². The fourth-order valence-electron chi connectivity index (χ4n) is 4.73. The Labute approximate surface area is 211 Å². The molecular formula is C25H29ClF4N4O2. The lowest BCUT2D eigenvalue weighted by molar-refractivity contribution is -0.0866. The number of fused-ring (bicyclic) bond motifs is 3. The molecule has 0 amide bonds. The topological polar surface area (TPSA) is 73.4 Å². The molecule has 0 bridgehead atoms. The summed E-state index contributed by atoms with van der Waals surface area (Å²) in [5.74, 6) is -4.18. The van der Waals surface area contributed by atoms with E-state index in [2.05, 4.69) is 15.3 Å². The molecule has 11 heteroatoms. The Morgan fingerprint density at radius 3 is 2.83 bits per heavy atom. The van der Waals surface area contributed by atoms with Gasteiger partial charge in [0.15, 0.2) is 0 Å². The van der Waals surface area contributed by atoms with Crippen molar-refractivity contribution in [3.8, 4) is 5.88 Å². The number of hydrogen-bond donors (Lipinski definition) is 3. The molecule has 3 N–H and O–H groups in total. The number of rotatable bonds is 11. The Morgan fingerprint density at radius 1 is 1.31 bits per heavy atom. The highest BCUT2D eigenvalue weighted by molar-refractivity contribution is 6.32. The zero-order valence-corrected chi connectivity index (χ0v) is 20.6. The lowest BCUT2D eigenvalue weighted by Gasteiger charge is -2.42. The standard InChI is InChI=1S/C25H29ClF4N4O2/c1-15-11-17-16-5-2-3-6-19(16)33-22(17)23(34(15)13-25(29,30)14-35)20-18(28)12-32-24(21(20)26)36-10-9-31-8-4-7-27/h2-3,5-6,12,15,23,31,33,35H,4,7-11,13-14H2,1H3/t15-,23?/m1/s1. The zero-order valence-electron chi connectivity index (χ0n) is 19.8. The summed E-state index contributed by atoms with van der Waals surface area (Å²) in [6.45, 7) is 0.256. The van der Waals surface area contributed by atoms with Crippen LogP contribution in [0.5, 0.6) is 5.88 Å². The van der Waals surface area contributed by atoms with Crippen molar-refractivity contribution < 1.29 is 27.4 Å². The van der Waals surface area contributed by atoms with Gasteiger partial charge < -0.3 is 20.1 Å². The number of aromatic amines is 1. The minimum absolute atomic E-state index is 0.0230. The molecule has 0 spiro atoms. The van der Waals surface area contributed by atoms with Crippen molar-refractivity contribution in [1.29, 1.82) is 0 Å². The summed E-state index contributed by atoms with van der Waals surface area (Å²) in [4.78, 5) is 8.71. The average molecular weight is 529 g/mol. The SMILES string of the molecule is C[C@@H]1Cc2c([nH]c3ccccc23)C(c2c(F)cnc(OCCNCCCF)c2Cl)N1CC(F)(F)CO. The molecule has 6 nitrogen and oxygen atoms in total. The summed E-state index contributed by atoms with van der Waals surface area (Å²) in [5, 5.41) is 13.1. The van der Waals surface area contributed by atoms with Crippen molar-refractivity contribution >= 4 is 22.5 Å². The fourth-order valence-corrected chi connectivity index (χ4v) is 5.03. The number of benzene rings is 1. The molecule has 0 aliphatic carbocycles. The van der Waals surface area contributed by atoms with E-state index >= 15 is 4.39 Å². The summed E-state index contributed by atoms with van der Waals surface area (Å²) >= 11 is 6.62. The van der Waals surface area contributed by atoms with Crippen molar-refractivity contribution in [2.75, 3.05) is 39.5 Å². The fraction of sp³-hybridized carbons (Fsp3) is 0.480. The van der Waals surface area contributed by atoms with Crippen molar-refractivity contribution in [1.82, 2.24) is 20.2 Å². The number of nitrogens with zero attached hydrogens (tertiary/aromatic N) is 2. The molecule has 3 aromatic rings. The summed E-state index contributed by atoms with van der Waals surface area (Å²) in [5.41, 5.74) is 2.24. The first-order valence-corrected chi connectivity index (χ1v) is 12.2. The van der Waals surface area contributed by atoms with Crippen molar-refractivity contribution in [2.45, 2.75) is 37.8 Å². The number of pyridine rings is 1. The van der Waals surface area contributed by atoms with Crippen LogP contribution in [0.2, 0.25) is 5.02 Å². The molecule has 0 saturated carbocycles. The van der Waals surface area contributed by atoms with Crippen LogP contribution in [0, 0.1) is 5.82 Å². The third-order valence-electron chi connectivity index (χ3n) is 6.42. The van der Waals surface area contributed by atoms with Gasteiger partial charge in [-0.25, -0.2) is 18.2 Å². The lowest BCUT2D eigenvalue weighted by Crippen LogP contribution is -2.49. The Hall–Kier alpha value is -2.40. The lowest BCUT2D eigenvalue weighted by atomic mass is 9.88. The second-order valence-corrected chi connectivity index (χ2v) is 9.36. The van der Waals surface area contributed by atoms with Gasteiger partial charge in [0.2, 0.25) is 5.88 Å². The van der Waals surface area contributed by atoms with Gasteiger partial charge in [-0.15, -0.1) is 0 Å². The highest BCUT2D eigenvalue weighted by Crippen LogP contribution is 2.45. The van der Waals surface area contributed by atoms with Gasteiger partial charge in [-0.2, -0.15) is 0 Å². The summed E-state index contributed by atoms with van der Waals surface area (Å²) in [7, 11) is 0. The molecule has 1 aliphatic rings. The number of ether oxygens (including phenoxy) is 1. The van der Waals surface area contributed by atoms with Gasteiger partial charge >= 0.3 is 0 Å². The number of aliphatic hydroxyl groups excluding tert-OH is 1. The minimum Gasteiger partial charge on any atom is -0.475 e. The van der Waals surface area contributed by atoms with Crippen LogP contribution in [0.3, 0.4) is 0 Å². The van der Waals surface area contributed by atoms with Crippen LogP contribution in [-0.4, -0.2) is 71.5 Å². The molecule has 2 atom stereocenters. The van der Waals surface area contributed by atoms with Crippen LogP contribution in [-0.2, 0) is 6.42 Å². The largest absolute Gasteiger partial charge is 0.475 e.